The first-order valence-electron chi connectivity index (χ1n) is 6.77. The third kappa shape index (κ3) is 2.04. The van der Waals surface area contributed by atoms with E-state index in [1.165, 1.54) is 0 Å². The Morgan fingerprint density at radius 1 is 1.28 bits per heavy atom. The lowest BCUT2D eigenvalue weighted by atomic mass is 10.0. The summed E-state index contributed by atoms with van der Waals surface area (Å²) in [5.74, 6) is -1.11. The van der Waals surface area contributed by atoms with E-state index in [0.29, 0.717) is 6.42 Å². The Bertz CT molecular complexity index is 331. The molecule has 0 radical (unpaired) electrons. The van der Waals surface area contributed by atoms with Crippen LogP contribution in [0.4, 0.5) is 0 Å². The lowest BCUT2D eigenvalue weighted by Crippen LogP contribution is -2.42. The number of hydrogen-bond acceptors (Lipinski definition) is 5. The van der Waals surface area contributed by atoms with Crippen LogP contribution in [0.5, 0.6) is 0 Å². The van der Waals surface area contributed by atoms with Crippen molar-refractivity contribution in [1.82, 2.24) is 0 Å². The van der Waals surface area contributed by atoms with E-state index in [0.717, 1.165) is 32.3 Å². The van der Waals surface area contributed by atoms with E-state index in [-0.39, 0.29) is 30.7 Å². The first kappa shape index (κ1) is 12.4. The lowest BCUT2D eigenvalue weighted by Gasteiger charge is -2.30. The maximum atomic E-state index is 11.5. The molecule has 0 bridgehead atoms. The van der Waals surface area contributed by atoms with Gasteiger partial charge >= 0.3 is 5.97 Å². The van der Waals surface area contributed by atoms with Crippen molar-refractivity contribution in [2.75, 3.05) is 13.7 Å². The van der Waals surface area contributed by atoms with Gasteiger partial charge in [0.25, 0.3) is 0 Å². The molecule has 3 fully saturated rings. The quantitative estimate of drug-likeness (QED) is 0.664. The molecule has 0 N–H and O–H groups in total. The standard InChI is InChI=1S/C13H20O5/c1-15-13-6-5-9-10(4-2-3-7-16-9)17-11(13)8-12(14)18-13/h9-11H,2-8H2,1H3/t9-,10+,11-,13-/m0/s1. The van der Waals surface area contributed by atoms with Gasteiger partial charge < -0.3 is 18.9 Å². The van der Waals surface area contributed by atoms with E-state index in [4.69, 9.17) is 18.9 Å². The minimum Gasteiger partial charge on any atom is -0.430 e. The summed E-state index contributed by atoms with van der Waals surface area (Å²) in [6.45, 7) is 0.801. The molecule has 0 unspecified atom stereocenters. The zero-order valence-electron chi connectivity index (χ0n) is 10.7. The van der Waals surface area contributed by atoms with Crippen LogP contribution in [0.3, 0.4) is 0 Å². The number of ether oxygens (including phenoxy) is 4. The van der Waals surface area contributed by atoms with Gasteiger partial charge in [-0.15, -0.1) is 0 Å². The third-order valence-corrected chi connectivity index (χ3v) is 4.22. The molecule has 4 atom stereocenters. The summed E-state index contributed by atoms with van der Waals surface area (Å²) in [6, 6.07) is 0. The van der Waals surface area contributed by atoms with Gasteiger partial charge in [0.1, 0.15) is 6.10 Å². The minimum atomic E-state index is -0.882. The molecule has 3 aliphatic rings. The van der Waals surface area contributed by atoms with Gasteiger partial charge in [-0.3, -0.25) is 4.79 Å². The van der Waals surface area contributed by atoms with Gasteiger partial charge in [-0.05, 0) is 25.7 Å². The van der Waals surface area contributed by atoms with Crippen molar-refractivity contribution in [1.29, 1.82) is 0 Å². The molecular formula is C13H20O5. The second-order valence-electron chi connectivity index (χ2n) is 5.30. The van der Waals surface area contributed by atoms with Crippen LogP contribution in [-0.2, 0) is 23.7 Å². The Labute approximate surface area is 107 Å². The van der Waals surface area contributed by atoms with E-state index in [1.807, 2.05) is 0 Å². The highest BCUT2D eigenvalue weighted by Crippen LogP contribution is 2.40. The van der Waals surface area contributed by atoms with Crippen LogP contribution in [0.15, 0.2) is 0 Å². The molecule has 0 aromatic heterocycles. The molecule has 3 aliphatic heterocycles. The van der Waals surface area contributed by atoms with Gasteiger partial charge in [-0.2, -0.15) is 0 Å². The summed E-state index contributed by atoms with van der Waals surface area (Å²) in [6.07, 6.45) is 4.86. The minimum absolute atomic E-state index is 0.0732. The topological polar surface area (TPSA) is 54.0 Å². The Balaban J connectivity index is 1.80. The molecule has 0 aromatic rings. The first-order chi connectivity index (χ1) is 8.73. The summed E-state index contributed by atoms with van der Waals surface area (Å²) in [5, 5.41) is 0. The van der Waals surface area contributed by atoms with E-state index < -0.39 is 5.79 Å². The van der Waals surface area contributed by atoms with Crippen molar-refractivity contribution in [2.24, 2.45) is 0 Å². The van der Waals surface area contributed by atoms with Crippen LogP contribution in [0.1, 0.15) is 38.5 Å². The van der Waals surface area contributed by atoms with Crippen molar-refractivity contribution < 1.29 is 23.7 Å². The molecule has 5 heteroatoms. The summed E-state index contributed by atoms with van der Waals surface area (Å²) < 4.78 is 22.8. The Morgan fingerprint density at radius 3 is 3.00 bits per heavy atom. The summed E-state index contributed by atoms with van der Waals surface area (Å²) in [7, 11) is 1.58. The molecule has 3 saturated heterocycles. The van der Waals surface area contributed by atoms with E-state index in [9.17, 15) is 4.79 Å². The highest BCUT2D eigenvalue weighted by Gasteiger charge is 2.54. The van der Waals surface area contributed by atoms with Gasteiger partial charge in [0.15, 0.2) is 0 Å². The molecule has 102 valence electrons. The molecular weight excluding hydrogens is 236 g/mol. The highest BCUT2D eigenvalue weighted by molar-refractivity contribution is 5.73. The molecule has 3 rings (SSSR count). The molecule has 0 spiro atoms. The third-order valence-electron chi connectivity index (χ3n) is 4.22. The molecule has 3 heterocycles. The summed E-state index contributed by atoms with van der Waals surface area (Å²) in [5.41, 5.74) is 0. The fraction of sp³-hybridized carbons (Fsp3) is 0.923. The number of hydrogen-bond donors (Lipinski definition) is 0. The first-order valence-corrected chi connectivity index (χ1v) is 6.77. The van der Waals surface area contributed by atoms with E-state index in [1.54, 1.807) is 7.11 Å². The lowest BCUT2D eigenvalue weighted by molar-refractivity contribution is -0.241. The maximum absolute atomic E-state index is 11.5. The van der Waals surface area contributed by atoms with Crippen molar-refractivity contribution >= 4 is 5.97 Å². The van der Waals surface area contributed by atoms with Gasteiger partial charge in [0.05, 0.1) is 18.6 Å². The van der Waals surface area contributed by atoms with Gasteiger partial charge in [0.2, 0.25) is 5.79 Å². The Hall–Kier alpha value is -0.650. The maximum Gasteiger partial charge on any atom is 0.311 e. The fourth-order valence-electron chi connectivity index (χ4n) is 3.20. The average Bonchev–Trinajstić information content (AvgIpc) is 2.53. The second-order valence-corrected chi connectivity index (χ2v) is 5.30. The summed E-state index contributed by atoms with van der Waals surface area (Å²) >= 11 is 0. The Kier molecular flexibility index (Phi) is 3.30. The number of rotatable bonds is 1. The summed E-state index contributed by atoms with van der Waals surface area (Å²) in [4.78, 5) is 11.5. The number of carbonyl (C=O) groups is 1. The zero-order chi connectivity index (χ0) is 12.6. The van der Waals surface area contributed by atoms with Gasteiger partial charge in [0, 0.05) is 20.1 Å². The van der Waals surface area contributed by atoms with Crippen LogP contribution in [0, 0.1) is 0 Å². The van der Waals surface area contributed by atoms with Gasteiger partial charge in [-0.25, -0.2) is 0 Å². The van der Waals surface area contributed by atoms with Crippen LogP contribution < -0.4 is 0 Å². The second kappa shape index (κ2) is 4.79. The van der Waals surface area contributed by atoms with Crippen molar-refractivity contribution in [3.05, 3.63) is 0 Å². The number of carbonyl (C=O) groups excluding carboxylic acids is 1. The molecule has 0 aliphatic carbocycles. The SMILES string of the molecule is CO[C@]12CC[C@@H]3OCCCC[C@H]3O[C@H]1CC(=O)O2. The molecule has 5 nitrogen and oxygen atoms in total. The zero-order valence-corrected chi connectivity index (χ0v) is 10.7. The molecule has 18 heavy (non-hydrogen) atoms. The fourth-order valence-corrected chi connectivity index (χ4v) is 3.20. The van der Waals surface area contributed by atoms with Crippen molar-refractivity contribution in [3.8, 4) is 0 Å². The van der Waals surface area contributed by atoms with Crippen LogP contribution >= 0.6 is 0 Å². The average molecular weight is 256 g/mol. The number of esters is 1. The van der Waals surface area contributed by atoms with Crippen LogP contribution in [-0.4, -0.2) is 43.8 Å². The number of methoxy groups -OCH3 is 1. The van der Waals surface area contributed by atoms with E-state index in [2.05, 4.69) is 0 Å². The normalized spacial score (nSPS) is 44.5. The van der Waals surface area contributed by atoms with E-state index >= 15 is 0 Å². The monoisotopic (exact) mass is 256 g/mol. The number of fused-ring (bicyclic) bond motifs is 2. The van der Waals surface area contributed by atoms with Gasteiger partial charge in [-0.1, -0.05) is 0 Å². The molecule has 0 aromatic carbocycles. The molecule has 0 saturated carbocycles. The molecule has 0 amide bonds. The smallest absolute Gasteiger partial charge is 0.311 e. The predicted molar refractivity (Wildman–Crippen MR) is 61.9 cm³/mol. The van der Waals surface area contributed by atoms with Crippen LogP contribution in [0.25, 0.3) is 0 Å². The predicted octanol–water partition coefficient (Wildman–Crippen LogP) is 1.39. The Morgan fingerprint density at radius 2 is 2.17 bits per heavy atom. The highest BCUT2D eigenvalue weighted by atomic mass is 16.7. The largest absolute Gasteiger partial charge is 0.430 e. The van der Waals surface area contributed by atoms with Crippen molar-refractivity contribution in [2.45, 2.75) is 62.6 Å². The van der Waals surface area contributed by atoms with Crippen molar-refractivity contribution in [3.63, 3.8) is 0 Å². The van der Waals surface area contributed by atoms with Crippen LogP contribution in [0.2, 0.25) is 0 Å².